The number of fused-ring (bicyclic) bond motifs is 1. The van der Waals surface area contributed by atoms with E-state index in [0.29, 0.717) is 0 Å². The third kappa shape index (κ3) is 3.72. The third-order valence-electron chi connectivity index (χ3n) is 7.13. The van der Waals surface area contributed by atoms with E-state index in [2.05, 4.69) is 147 Å². The van der Waals surface area contributed by atoms with Crippen LogP contribution in [0.4, 0.5) is 0 Å². The fourth-order valence-corrected chi connectivity index (χ4v) is 5.46. The molecular formula is C36H28. The molecule has 0 atom stereocenters. The Balaban J connectivity index is 1.81. The van der Waals surface area contributed by atoms with Gasteiger partial charge in [-0.05, 0) is 85.3 Å². The first kappa shape index (κ1) is 22.1. The maximum atomic E-state index is 2.38. The van der Waals surface area contributed by atoms with Crippen molar-refractivity contribution in [2.45, 2.75) is 13.8 Å². The van der Waals surface area contributed by atoms with E-state index in [-0.39, 0.29) is 0 Å². The van der Waals surface area contributed by atoms with Gasteiger partial charge in [-0.15, -0.1) is 0 Å². The molecule has 6 rings (SSSR count). The number of rotatable bonds is 3. The lowest BCUT2D eigenvalue weighted by Gasteiger charge is -2.16. The van der Waals surface area contributed by atoms with Gasteiger partial charge in [0.1, 0.15) is 0 Å². The van der Waals surface area contributed by atoms with Crippen LogP contribution in [0.25, 0.3) is 59.8 Å². The van der Waals surface area contributed by atoms with E-state index in [1.165, 1.54) is 65.4 Å². The topological polar surface area (TPSA) is 0 Å². The molecule has 0 aliphatic heterocycles. The minimum atomic E-state index is 1.23. The highest BCUT2D eigenvalue weighted by Gasteiger charge is 2.14. The molecule has 0 amide bonds. The summed E-state index contributed by atoms with van der Waals surface area (Å²) >= 11 is 0. The molecular weight excluding hydrogens is 432 g/mol. The highest BCUT2D eigenvalue weighted by molar-refractivity contribution is 6.27. The van der Waals surface area contributed by atoms with Gasteiger partial charge in [0.15, 0.2) is 0 Å². The first-order valence-corrected chi connectivity index (χ1v) is 12.6. The molecule has 0 saturated heterocycles. The van der Waals surface area contributed by atoms with Gasteiger partial charge in [-0.25, -0.2) is 0 Å². The fourth-order valence-electron chi connectivity index (χ4n) is 5.46. The third-order valence-corrected chi connectivity index (χ3v) is 7.13. The molecule has 0 spiro atoms. The normalized spacial score (nSPS) is 12.2. The van der Waals surface area contributed by atoms with Crippen LogP contribution in [0.2, 0.25) is 0 Å². The molecule has 0 heterocycles. The zero-order chi connectivity index (χ0) is 24.5. The Labute approximate surface area is 212 Å². The van der Waals surface area contributed by atoms with Crippen LogP contribution in [0, 0.1) is 0 Å². The van der Waals surface area contributed by atoms with Crippen LogP contribution in [0.1, 0.15) is 19.4 Å². The Morgan fingerprint density at radius 3 is 1.97 bits per heavy atom. The molecule has 0 aliphatic rings. The second-order valence-electron chi connectivity index (χ2n) is 9.32. The van der Waals surface area contributed by atoms with Gasteiger partial charge in [-0.2, -0.15) is 0 Å². The maximum absolute atomic E-state index is 2.38. The quantitative estimate of drug-likeness (QED) is 0.182. The Hall–Kier alpha value is -4.42. The molecule has 6 aromatic rings. The Kier molecular flexibility index (Phi) is 5.71. The first-order valence-electron chi connectivity index (χ1n) is 12.6. The lowest BCUT2D eigenvalue weighted by atomic mass is 9.87. The molecule has 0 saturated carbocycles. The molecule has 0 bridgehead atoms. The summed E-state index contributed by atoms with van der Waals surface area (Å²) in [5.41, 5.74) is 4.98. The van der Waals surface area contributed by atoms with Crippen LogP contribution in [0.15, 0.2) is 133 Å². The van der Waals surface area contributed by atoms with E-state index < -0.39 is 0 Å². The van der Waals surface area contributed by atoms with E-state index in [1.54, 1.807) is 0 Å². The number of hydrogen-bond acceptors (Lipinski definition) is 0. The van der Waals surface area contributed by atoms with Gasteiger partial charge in [0.25, 0.3) is 0 Å². The average Bonchev–Trinajstić information content (AvgIpc) is 2.92. The second-order valence-corrected chi connectivity index (χ2v) is 9.32. The zero-order valence-electron chi connectivity index (χ0n) is 20.7. The lowest BCUT2D eigenvalue weighted by molar-refractivity contribution is 1.61. The van der Waals surface area contributed by atoms with E-state index in [0.717, 1.165) is 0 Å². The molecule has 0 unspecified atom stereocenters. The summed E-state index contributed by atoms with van der Waals surface area (Å²) < 4.78 is 0. The maximum Gasteiger partial charge on any atom is -0.00206 e. The molecule has 36 heavy (non-hydrogen) atoms. The SMILES string of the molecule is CC=CC=C(C)c1ccccccc(-c2cc3cccc4ccc5cccc2c5c43)c2ccccc12. The van der Waals surface area contributed by atoms with Crippen molar-refractivity contribution in [3.8, 4) is 11.1 Å². The predicted octanol–water partition coefficient (Wildman–Crippen LogP) is 10.5. The van der Waals surface area contributed by atoms with Crippen molar-refractivity contribution in [3.63, 3.8) is 0 Å². The van der Waals surface area contributed by atoms with Crippen molar-refractivity contribution in [3.05, 3.63) is 139 Å². The number of benzene rings is 5. The van der Waals surface area contributed by atoms with Crippen LogP contribution < -0.4 is 0 Å². The van der Waals surface area contributed by atoms with E-state index in [4.69, 9.17) is 0 Å². The van der Waals surface area contributed by atoms with Crippen molar-refractivity contribution in [2.75, 3.05) is 0 Å². The van der Waals surface area contributed by atoms with E-state index >= 15 is 0 Å². The zero-order valence-corrected chi connectivity index (χ0v) is 20.7. The van der Waals surface area contributed by atoms with Gasteiger partial charge in [0.2, 0.25) is 0 Å². The molecule has 0 aliphatic carbocycles. The van der Waals surface area contributed by atoms with Crippen LogP contribution in [0.3, 0.4) is 0 Å². The van der Waals surface area contributed by atoms with Crippen molar-refractivity contribution < 1.29 is 0 Å². The summed E-state index contributed by atoms with van der Waals surface area (Å²) in [7, 11) is 0. The van der Waals surface area contributed by atoms with Gasteiger partial charge in [-0.3, -0.25) is 0 Å². The molecule has 0 fully saturated rings. The van der Waals surface area contributed by atoms with Gasteiger partial charge < -0.3 is 0 Å². The van der Waals surface area contributed by atoms with Gasteiger partial charge in [0, 0.05) is 0 Å². The first-order chi connectivity index (χ1) is 17.8. The summed E-state index contributed by atoms with van der Waals surface area (Å²) in [5, 5.41) is 10.4. The van der Waals surface area contributed by atoms with Crippen LogP contribution >= 0.6 is 0 Å². The van der Waals surface area contributed by atoms with Crippen molar-refractivity contribution in [1.29, 1.82) is 0 Å². The van der Waals surface area contributed by atoms with Crippen molar-refractivity contribution in [1.82, 2.24) is 0 Å². The molecule has 6 aromatic carbocycles. The minimum absolute atomic E-state index is 1.23. The highest BCUT2D eigenvalue weighted by Crippen LogP contribution is 2.42. The highest BCUT2D eigenvalue weighted by atomic mass is 14.2. The predicted molar refractivity (Wildman–Crippen MR) is 159 cm³/mol. The Morgan fingerprint density at radius 1 is 0.528 bits per heavy atom. The monoisotopic (exact) mass is 460 g/mol. The van der Waals surface area contributed by atoms with E-state index in [9.17, 15) is 0 Å². The van der Waals surface area contributed by atoms with Crippen LogP contribution in [0.5, 0.6) is 0 Å². The summed E-state index contributed by atoms with van der Waals surface area (Å²) in [6.45, 7) is 4.25. The molecule has 172 valence electrons. The summed E-state index contributed by atoms with van der Waals surface area (Å²) in [5.74, 6) is 0. The average molecular weight is 461 g/mol. The Bertz CT molecular complexity index is 1850. The van der Waals surface area contributed by atoms with Crippen molar-refractivity contribution in [2.24, 2.45) is 0 Å². The lowest BCUT2D eigenvalue weighted by Crippen LogP contribution is -1.89. The minimum Gasteiger partial charge on any atom is -0.0877 e. The van der Waals surface area contributed by atoms with Gasteiger partial charge >= 0.3 is 0 Å². The summed E-state index contributed by atoms with van der Waals surface area (Å²) in [6, 6.07) is 42.0. The molecule has 0 aromatic heterocycles. The summed E-state index contributed by atoms with van der Waals surface area (Å²) in [4.78, 5) is 0. The summed E-state index contributed by atoms with van der Waals surface area (Å²) in [6.07, 6.45) is 6.38. The van der Waals surface area contributed by atoms with Crippen LogP contribution in [-0.4, -0.2) is 0 Å². The van der Waals surface area contributed by atoms with Gasteiger partial charge in [0.05, 0.1) is 0 Å². The van der Waals surface area contributed by atoms with Gasteiger partial charge in [-0.1, -0.05) is 127 Å². The fraction of sp³-hybridized carbons (Fsp3) is 0.0556. The number of allylic oxidation sites excluding steroid dienone is 4. The smallest absolute Gasteiger partial charge is 0.00206 e. The molecule has 0 radical (unpaired) electrons. The molecule has 0 nitrogen and oxygen atoms in total. The van der Waals surface area contributed by atoms with E-state index in [1.807, 2.05) is 0 Å². The second kappa shape index (κ2) is 9.32. The molecule has 0 N–H and O–H groups in total. The standard InChI is InChI=1S/C36H28/c1-3-4-13-25(2)29-17-7-5-6-8-18-32(31-20-10-9-19-30(29)31)34-24-28-16-11-14-26-22-23-27-15-12-21-33(34)36(27)35(26)28/h3-24H,1-2H3. The Morgan fingerprint density at radius 2 is 1.17 bits per heavy atom. The number of hydrogen-bond donors (Lipinski definition) is 0. The van der Waals surface area contributed by atoms with Crippen LogP contribution in [-0.2, 0) is 0 Å². The van der Waals surface area contributed by atoms with Crippen molar-refractivity contribution >= 4 is 48.7 Å². The largest absolute Gasteiger partial charge is 0.0877 e. The molecule has 0 heteroatoms.